The van der Waals surface area contributed by atoms with E-state index in [9.17, 15) is 14.3 Å². The molecule has 3 nitrogen and oxygen atoms in total. The summed E-state index contributed by atoms with van der Waals surface area (Å²) >= 11 is 0. The van der Waals surface area contributed by atoms with Crippen LogP contribution in [0, 0.1) is 0 Å². The summed E-state index contributed by atoms with van der Waals surface area (Å²) in [5.74, 6) is -0.156. The van der Waals surface area contributed by atoms with E-state index in [-0.39, 0.29) is 11.1 Å². The van der Waals surface area contributed by atoms with E-state index in [4.69, 9.17) is 0 Å². The molecule has 0 aliphatic carbocycles. The first kappa shape index (κ1) is 13.3. The van der Waals surface area contributed by atoms with E-state index in [0.717, 1.165) is 0 Å². The lowest BCUT2D eigenvalue weighted by molar-refractivity contribution is -0.160. The number of ketones is 1. The number of benzene rings is 2. The van der Waals surface area contributed by atoms with Gasteiger partial charge in [-0.2, -0.15) is 0 Å². The lowest BCUT2D eigenvalue weighted by Gasteiger charge is -1.97. The number of allylic oxidation sites excluding steroid dienone is 1. The van der Waals surface area contributed by atoms with E-state index < -0.39 is 8.03 Å². The Kier molecular flexibility index (Phi) is 4.35. The third kappa shape index (κ3) is 3.44. The summed E-state index contributed by atoms with van der Waals surface area (Å²) < 4.78 is 11.1. The normalized spacial score (nSPS) is 11.5. The van der Waals surface area contributed by atoms with E-state index in [0.29, 0.717) is 11.1 Å². The van der Waals surface area contributed by atoms with Gasteiger partial charge in [-0.3, -0.25) is 4.79 Å². The van der Waals surface area contributed by atoms with Crippen LogP contribution in [0.2, 0.25) is 0 Å². The lowest BCUT2D eigenvalue weighted by atomic mass is 10.1. The Morgan fingerprint density at radius 1 is 1.00 bits per heavy atom. The number of carbonyl (C=O) groups is 1. The first-order chi connectivity index (χ1) is 9.18. The van der Waals surface area contributed by atoms with Gasteiger partial charge in [0.2, 0.25) is 0 Å². The highest BCUT2D eigenvalue weighted by atomic mass is 31.1. The molecule has 0 bridgehead atoms. The van der Waals surface area contributed by atoms with Crippen LogP contribution < -0.4 is 10.2 Å². The van der Waals surface area contributed by atoms with E-state index in [1.165, 1.54) is 18.2 Å². The van der Waals surface area contributed by atoms with Gasteiger partial charge >= 0.3 is 8.03 Å². The number of hydrogen-bond acceptors (Lipinski definition) is 3. The second kappa shape index (κ2) is 6.19. The number of hydrogen-bond donors (Lipinski definition) is 0. The first-order valence-corrected chi connectivity index (χ1v) is 6.87. The first-order valence-electron chi connectivity index (χ1n) is 5.69. The summed E-state index contributed by atoms with van der Waals surface area (Å²) in [6, 6.07) is 15.4. The molecular weight excluding hydrogens is 259 g/mol. The van der Waals surface area contributed by atoms with Gasteiger partial charge in [-0.25, -0.2) is 0 Å². The van der Waals surface area contributed by atoms with E-state index >= 15 is 0 Å². The molecule has 0 saturated heterocycles. The zero-order chi connectivity index (χ0) is 13.7. The van der Waals surface area contributed by atoms with Gasteiger partial charge in [0.1, 0.15) is 0 Å². The van der Waals surface area contributed by atoms with Crippen molar-refractivity contribution in [2.45, 2.75) is 0 Å². The fourth-order valence-electron chi connectivity index (χ4n) is 1.66. The molecule has 1 atom stereocenters. The molecule has 0 saturated carbocycles. The molecule has 1 unspecified atom stereocenters. The molecule has 94 valence electrons. The molecule has 0 spiro atoms. The molecule has 0 N–H and O–H groups in total. The van der Waals surface area contributed by atoms with Gasteiger partial charge in [0.05, 0.1) is 0 Å². The average molecular weight is 270 g/mol. The monoisotopic (exact) mass is 270 g/mol. The van der Waals surface area contributed by atoms with Crippen molar-refractivity contribution in [2.75, 3.05) is 0 Å². The third-order valence-corrected chi connectivity index (χ3v) is 3.41. The van der Waals surface area contributed by atoms with Crippen molar-refractivity contribution in [1.82, 2.24) is 0 Å². The molecule has 0 radical (unpaired) electrons. The number of rotatable bonds is 4. The molecule has 0 heterocycles. The van der Waals surface area contributed by atoms with Gasteiger partial charge in [-0.05, 0) is 18.2 Å². The van der Waals surface area contributed by atoms with E-state index in [1.807, 2.05) is 6.07 Å². The summed E-state index contributed by atoms with van der Waals surface area (Å²) in [5.41, 5.74) is 1.09. The molecule has 4 heteroatoms. The smallest absolute Gasteiger partial charge is 0.349 e. The van der Waals surface area contributed by atoms with Gasteiger partial charge in [0.25, 0.3) is 0 Å². The van der Waals surface area contributed by atoms with E-state index in [2.05, 4.69) is 0 Å². The van der Waals surface area contributed by atoms with Crippen LogP contribution in [0.5, 0.6) is 0 Å². The van der Waals surface area contributed by atoms with Crippen molar-refractivity contribution in [3.05, 3.63) is 71.8 Å². The van der Waals surface area contributed by atoms with Crippen LogP contribution in [0.4, 0.5) is 0 Å². The summed E-state index contributed by atoms with van der Waals surface area (Å²) in [6.45, 7) is 0. The third-order valence-electron chi connectivity index (χ3n) is 2.61. The van der Waals surface area contributed by atoms with Crippen molar-refractivity contribution >= 4 is 25.2 Å². The molecule has 0 aliphatic rings. The highest BCUT2D eigenvalue weighted by Crippen LogP contribution is 2.13. The van der Waals surface area contributed by atoms with Gasteiger partial charge in [-0.15, -0.1) is 0 Å². The zero-order valence-corrected chi connectivity index (χ0v) is 10.9. The maximum Gasteiger partial charge on any atom is 0.349 e. The van der Waals surface area contributed by atoms with Crippen LogP contribution in [0.3, 0.4) is 0 Å². The number of carbonyl (C=O) groups excluding carboxylic acids is 1. The van der Waals surface area contributed by atoms with Gasteiger partial charge < -0.3 is 4.89 Å². The Labute approximate surface area is 112 Å². The SMILES string of the molecule is O=C(/C=C/c1ccccc1[P+](=O)[O-])c1ccccc1. The Bertz CT molecular complexity index is 633. The molecule has 0 aliphatic heterocycles. The van der Waals surface area contributed by atoms with Gasteiger partial charge in [0, 0.05) is 11.1 Å². The predicted octanol–water partition coefficient (Wildman–Crippen LogP) is 2.31. The lowest BCUT2D eigenvalue weighted by Crippen LogP contribution is -2.07. The van der Waals surface area contributed by atoms with Gasteiger partial charge in [0.15, 0.2) is 11.1 Å². The van der Waals surface area contributed by atoms with Gasteiger partial charge in [-0.1, -0.05) is 53.1 Å². The minimum absolute atomic E-state index is 0.156. The van der Waals surface area contributed by atoms with Crippen molar-refractivity contribution in [2.24, 2.45) is 0 Å². The second-order valence-corrected chi connectivity index (χ2v) is 4.88. The molecule has 2 aromatic carbocycles. The topological polar surface area (TPSA) is 57.2 Å². The molecular formula is C15H11O3P. The minimum atomic E-state index is -2.66. The summed E-state index contributed by atoms with van der Waals surface area (Å²) in [4.78, 5) is 22.9. The highest BCUT2D eigenvalue weighted by molar-refractivity contribution is 7.46. The average Bonchev–Trinajstić information content (AvgIpc) is 2.46. The Balaban J connectivity index is 2.24. The quantitative estimate of drug-likeness (QED) is 0.486. The predicted molar refractivity (Wildman–Crippen MR) is 73.5 cm³/mol. The molecule has 0 amide bonds. The maximum atomic E-state index is 11.9. The van der Waals surface area contributed by atoms with Crippen LogP contribution in [-0.4, -0.2) is 5.78 Å². The minimum Gasteiger partial charge on any atom is -0.591 e. The zero-order valence-electron chi connectivity index (χ0n) is 10.0. The van der Waals surface area contributed by atoms with Crippen molar-refractivity contribution in [1.29, 1.82) is 0 Å². The standard InChI is InChI=1S/C15H11O3P/c16-14(12-6-2-1-3-7-12)11-10-13-8-4-5-9-15(13)19(17)18/h1-11H/b11-10+. The van der Waals surface area contributed by atoms with Crippen molar-refractivity contribution < 1.29 is 14.3 Å². The van der Waals surface area contributed by atoms with Crippen LogP contribution in [0.15, 0.2) is 60.7 Å². The highest BCUT2D eigenvalue weighted by Gasteiger charge is 2.11. The summed E-state index contributed by atoms with van der Waals surface area (Å²) in [7, 11) is -2.66. The van der Waals surface area contributed by atoms with Crippen LogP contribution in [0.25, 0.3) is 6.08 Å². The van der Waals surface area contributed by atoms with Crippen LogP contribution in [0.1, 0.15) is 15.9 Å². The fraction of sp³-hybridized carbons (Fsp3) is 0. The Morgan fingerprint density at radius 2 is 1.63 bits per heavy atom. The molecule has 2 rings (SSSR count). The maximum absolute atomic E-state index is 11.9. The van der Waals surface area contributed by atoms with Crippen molar-refractivity contribution in [3.63, 3.8) is 0 Å². The molecule has 19 heavy (non-hydrogen) atoms. The second-order valence-electron chi connectivity index (χ2n) is 3.88. The van der Waals surface area contributed by atoms with Crippen LogP contribution in [-0.2, 0) is 4.57 Å². The summed E-state index contributed by atoms with van der Waals surface area (Å²) in [6.07, 6.45) is 2.91. The van der Waals surface area contributed by atoms with Crippen LogP contribution >= 0.6 is 8.03 Å². The largest absolute Gasteiger partial charge is 0.591 e. The fourth-order valence-corrected chi connectivity index (χ4v) is 2.23. The Morgan fingerprint density at radius 3 is 2.32 bits per heavy atom. The summed E-state index contributed by atoms with van der Waals surface area (Å²) in [5, 5.41) is 0.217. The van der Waals surface area contributed by atoms with Crippen molar-refractivity contribution in [3.8, 4) is 0 Å². The molecule has 0 fully saturated rings. The molecule has 2 aromatic rings. The Hall–Kier alpha value is -2.09. The van der Waals surface area contributed by atoms with E-state index in [1.54, 1.807) is 42.5 Å². The molecule has 0 aromatic heterocycles.